The molecular formula is C13H18ClNO2. The van der Waals surface area contributed by atoms with Gasteiger partial charge in [-0.05, 0) is 30.5 Å². The summed E-state index contributed by atoms with van der Waals surface area (Å²) in [5.41, 5.74) is 2.81. The van der Waals surface area contributed by atoms with Crippen molar-refractivity contribution in [2.24, 2.45) is 5.92 Å². The van der Waals surface area contributed by atoms with Crippen molar-refractivity contribution in [3.8, 4) is 11.5 Å². The van der Waals surface area contributed by atoms with Gasteiger partial charge in [-0.25, -0.2) is 0 Å². The number of benzene rings is 1. The Balaban J connectivity index is 0.00000108. The van der Waals surface area contributed by atoms with Gasteiger partial charge in [0.15, 0.2) is 11.5 Å². The molecule has 0 amide bonds. The molecule has 3 nitrogen and oxygen atoms in total. The molecule has 1 aliphatic heterocycles. The van der Waals surface area contributed by atoms with Crippen LogP contribution < -0.4 is 14.8 Å². The summed E-state index contributed by atoms with van der Waals surface area (Å²) in [6.45, 7) is 2.23. The number of fused-ring (bicyclic) bond motifs is 3. The van der Waals surface area contributed by atoms with E-state index in [1.807, 2.05) is 6.07 Å². The van der Waals surface area contributed by atoms with Crippen molar-refractivity contribution in [2.45, 2.75) is 12.3 Å². The highest BCUT2D eigenvalue weighted by Crippen LogP contribution is 2.46. The van der Waals surface area contributed by atoms with E-state index in [9.17, 15) is 0 Å². The van der Waals surface area contributed by atoms with E-state index >= 15 is 0 Å². The van der Waals surface area contributed by atoms with Crippen LogP contribution in [0.25, 0.3) is 0 Å². The fourth-order valence-corrected chi connectivity index (χ4v) is 3.14. The van der Waals surface area contributed by atoms with Gasteiger partial charge in [-0.3, -0.25) is 0 Å². The van der Waals surface area contributed by atoms with E-state index in [4.69, 9.17) is 9.47 Å². The largest absolute Gasteiger partial charge is 0.493 e. The second-order valence-electron chi connectivity index (χ2n) is 4.60. The van der Waals surface area contributed by atoms with Crippen LogP contribution in [0.2, 0.25) is 0 Å². The third-order valence-corrected chi connectivity index (χ3v) is 3.89. The van der Waals surface area contributed by atoms with Gasteiger partial charge >= 0.3 is 0 Å². The zero-order valence-corrected chi connectivity index (χ0v) is 11.0. The monoisotopic (exact) mass is 255 g/mol. The van der Waals surface area contributed by atoms with E-state index in [-0.39, 0.29) is 12.4 Å². The van der Waals surface area contributed by atoms with Gasteiger partial charge < -0.3 is 14.8 Å². The van der Waals surface area contributed by atoms with Crippen LogP contribution in [0, 0.1) is 5.92 Å². The van der Waals surface area contributed by atoms with Crippen LogP contribution in [0.15, 0.2) is 12.1 Å². The lowest BCUT2D eigenvalue weighted by atomic mass is 9.96. The van der Waals surface area contributed by atoms with Crippen LogP contribution in [-0.2, 0) is 6.42 Å². The van der Waals surface area contributed by atoms with Crippen molar-refractivity contribution in [2.75, 3.05) is 27.3 Å². The first-order valence-corrected chi connectivity index (χ1v) is 5.79. The molecule has 4 heteroatoms. The summed E-state index contributed by atoms with van der Waals surface area (Å²) in [5, 5.41) is 3.46. The van der Waals surface area contributed by atoms with Crippen LogP contribution >= 0.6 is 12.4 Å². The van der Waals surface area contributed by atoms with Gasteiger partial charge in [-0.2, -0.15) is 0 Å². The lowest BCUT2D eigenvalue weighted by Gasteiger charge is -2.13. The lowest BCUT2D eigenvalue weighted by molar-refractivity contribution is 0.351. The molecule has 0 spiro atoms. The van der Waals surface area contributed by atoms with E-state index in [2.05, 4.69) is 11.4 Å². The van der Waals surface area contributed by atoms with Crippen molar-refractivity contribution in [1.82, 2.24) is 5.32 Å². The number of nitrogens with one attached hydrogen (secondary N) is 1. The maximum absolute atomic E-state index is 5.50. The molecule has 0 bridgehead atoms. The molecule has 17 heavy (non-hydrogen) atoms. The zero-order chi connectivity index (χ0) is 11.1. The zero-order valence-electron chi connectivity index (χ0n) is 10.2. The van der Waals surface area contributed by atoms with Gasteiger partial charge in [-0.1, -0.05) is 6.07 Å². The molecule has 94 valence electrons. The second kappa shape index (κ2) is 4.75. The fourth-order valence-electron chi connectivity index (χ4n) is 3.14. The standard InChI is InChI=1S/C13H17NO2.ClH/c1-15-12-4-3-9-10(13(12)16-2)5-8-6-14-7-11(8)9;/h3-4,8,11,14H,5-7H2,1-2H3;1H. The maximum atomic E-state index is 5.50. The van der Waals surface area contributed by atoms with E-state index in [0.29, 0.717) is 5.92 Å². The second-order valence-corrected chi connectivity index (χ2v) is 4.60. The van der Waals surface area contributed by atoms with Gasteiger partial charge in [0.2, 0.25) is 0 Å². The van der Waals surface area contributed by atoms with Crippen molar-refractivity contribution in [3.05, 3.63) is 23.3 Å². The first kappa shape index (κ1) is 12.5. The molecule has 1 aliphatic carbocycles. The fraction of sp³-hybridized carbons (Fsp3) is 0.538. The van der Waals surface area contributed by atoms with Crippen LogP contribution in [0.5, 0.6) is 11.5 Å². The molecule has 1 aromatic rings. The van der Waals surface area contributed by atoms with Crippen LogP contribution in [-0.4, -0.2) is 27.3 Å². The minimum atomic E-state index is 0. The topological polar surface area (TPSA) is 30.5 Å². The Morgan fingerprint density at radius 2 is 2.00 bits per heavy atom. The molecule has 1 heterocycles. The van der Waals surface area contributed by atoms with Crippen molar-refractivity contribution >= 4 is 12.4 Å². The molecule has 2 unspecified atom stereocenters. The first-order valence-electron chi connectivity index (χ1n) is 5.79. The summed E-state index contributed by atoms with van der Waals surface area (Å²) < 4.78 is 10.8. The number of methoxy groups -OCH3 is 2. The number of halogens is 1. The molecule has 0 radical (unpaired) electrons. The average Bonchev–Trinajstić information content (AvgIpc) is 2.87. The van der Waals surface area contributed by atoms with Crippen LogP contribution in [0.1, 0.15) is 17.0 Å². The quantitative estimate of drug-likeness (QED) is 0.877. The van der Waals surface area contributed by atoms with Crippen molar-refractivity contribution in [1.29, 1.82) is 0 Å². The predicted molar refractivity (Wildman–Crippen MR) is 69.6 cm³/mol. The van der Waals surface area contributed by atoms with Gasteiger partial charge in [0, 0.05) is 18.0 Å². The third kappa shape index (κ3) is 1.78. The summed E-state index contributed by atoms with van der Waals surface area (Å²) in [5.74, 6) is 3.22. The summed E-state index contributed by atoms with van der Waals surface area (Å²) in [4.78, 5) is 0. The first-order chi connectivity index (χ1) is 7.85. The molecule has 1 fully saturated rings. The predicted octanol–water partition coefficient (Wildman–Crippen LogP) is 1.98. The van der Waals surface area contributed by atoms with Crippen LogP contribution in [0.3, 0.4) is 0 Å². The highest BCUT2D eigenvalue weighted by molar-refractivity contribution is 5.85. The summed E-state index contributed by atoms with van der Waals surface area (Å²) in [6, 6.07) is 4.23. The van der Waals surface area contributed by atoms with Gasteiger partial charge in [0.1, 0.15) is 0 Å². The Hall–Kier alpha value is -0.930. The molecule has 2 aliphatic rings. The Labute approximate surface area is 108 Å². The number of rotatable bonds is 2. The highest BCUT2D eigenvalue weighted by atomic mass is 35.5. The molecule has 3 rings (SSSR count). The molecule has 1 N–H and O–H groups in total. The van der Waals surface area contributed by atoms with Gasteiger partial charge in [0.25, 0.3) is 0 Å². The summed E-state index contributed by atoms with van der Waals surface area (Å²) in [7, 11) is 3.42. The molecule has 1 aromatic carbocycles. The summed E-state index contributed by atoms with van der Waals surface area (Å²) in [6.07, 6.45) is 1.12. The smallest absolute Gasteiger partial charge is 0.164 e. The van der Waals surface area contributed by atoms with Gasteiger partial charge in [-0.15, -0.1) is 12.4 Å². The highest BCUT2D eigenvalue weighted by Gasteiger charge is 2.38. The average molecular weight is 256 g/mol. The minimum absolute atomic E-state index is 0. The van der Waals surface area contributed by atoms with E-state index in [0.717, 1.165) is 36.9 Å². The third-order valence-electron chi connectivity index (χ3n) is 3.89. The molecule has 2 atom stereocenters. The number of hydrogen-bond donors (Lipinski definition) is 1. The van der Waals surface area contributed by atoms with E-state index in [1.54, 1.807) is 14.2 Å². The Morgan fingerprint density at radius 3 is 2.71 bits per heavy atom. The SMILES string of the molecule is COc1ccc2c(c1OC)CC1CNCC21.Cl. The Morgan fingerprint density at radius 1 is 1.18 bits per heavy atom. The maximum Gasteiger partial charge on any atom is 0.164 e. The van der Waals surface area contributed by atoms with Crippen LogP contribution in [0.4, 0.5) is 0 Å². The molecule has 1 saturated heterocycles. The molecule has 0 saturated carbocycles. The number of hydrogen-bond acceptors (Lipinski definition) is 3. The van der Waals surface area contributed by atoms with E-state index in [1.165, 1.54) is 11.1 Å². The van der Waals surface area contributed by atoms with Crippen molar-refractivity contribution < 1.29 is 9.47 Å². The lowest BCUT2D eigenvalue weighted by Crippen LogP contribution is -2.11. The molecule has 0 aromatic heterocycles. The molecular weight excluding hydrogens is 238 g/mol. The Bertz CT molecular complexity index is 422. The van der Waals surface area contributed by atoms with Gasteiger partial charge in [0.05, 0.1) is 14.2 Å². The minimum Gasteiger partial charge on any atom is -0.493 e. The van der Waals surface area contributed by atoms with Crippen molar-refractivity contribution in [3.63, 3.8) is 0 Å². The van der Waals surface area contributed by atoms with E-state index < -0.39 is 0 Å². The summed E-state index contributed by atoms with van der Waals surface area (Å²) >= 11 is 0. The Kier molecular flexibility index (Phi) is 3.50. The normalized spacial score (nSPS) is 24.8. The number of ether oxygens (including phenoxy) is 2.